The molecule has 0 unspecified atom stereocenters. The molecule has 0 saturated heterocycles. The van der Waals surface area contributed by atoms with Gasteiger partial charge in [-0.2, -0.15) is 0 Å². The van der Waals surface area contributed by atoms with Gasteiger partial charge in [0.25, 0.3) is 5.91 Å². The molecule has 1 heterocycles. The zero-order valence-corrected chi connectivity index (χ0v) is 10.7. The first kappa shape index (κ1) is 12.0. The molecule has 0 radical (unpaired) electrons. The smallest absolute Gasteiger partial charge is 0.270 e. The quantitative estimate of drug-likeness (QED) is 0.866. The summed E-state index contributed by atoms with van der Waals surface area (Å²) in [6, 6.07) is 9.80. The summed E-state index contributed by atoms with van der Waals surface area (Å²) in [7, 11) is 0. The van der Waals surface area contributed by atoms with Crippen LogP contribution in [0.25, 0.3) is 10.8 Å². The molecule has 1 aromatic carbocycles. The van der Waals surface area contributed by atoms with Crippen LogP contribution in [0, 0.1) is 0 Å². The molecule has 19 heavy (non-hydrogen) atoms. The Morgan fingerprint density at radius 1 is 1.26 bits per heavy atom. The lowest BCUT2D eigenvalue weighted by Crippen LogP contribution is -2.33. The zero-order valence-electron chi connectivity index (χ0n) is 10.7. The van der Waals surface area contributed by atoms with E-state index >= 15 is 0 Å². The first-order valence-corrected chi connectivity index (χ1v) is 6.70. The van der Waals surface area contributed by atoms with Crippen LogP contribution in [-0.2, 0) is 0 Å². The maximum absolute atomic E-state index is 12.2. The fraction of sp³-hybridized carbons (Fsp3) is 0.333. The first-order chi connectivity index (χ1) is 9.24. The Morgan fingerprint density at radius 3 is 2.79 bits per heavy atom. The van der Waals surface area contributed by atoms with Gasteiger partial charge in [-0.25, -0.2) is 4.98 Å². The zero-order chi connectivity index (χ0) is 13.2. The monoisotopic (exact) mass is 255 g/mol. The van der Waals surface area contributed by atoms with Gasteiger partial charge >= 0.3 is 0 Å². The van der Waals surface area contributed by atoms with Gasteiger partial charge in [0, 0.05) is 11.4 Å². The number of aromatic nitrogens is 1. The van der Waals surface area contributed by atoms with Gasteiger partial charge in [0.05, 0.1) is 0 Å². The fourth-order valence-corrected chi connectivity index (χ4v) is 2.67. The second-order valence-corrected chi connectivity index (χ2v) is 5.07. The van der Waals surface area contributed by atoms with Crippen molar-refractivity contribution in [1.29, 1.82) is 0 Å². The maximum atomic E-state index is 12.2. The highest BCUT2D eigenvalue weighted by Crippen LogP contribution is 2.21. The van der Waals surface area contributed by atoms with Crippen molar-refractivity contribution in [2.45, 2.75) is 31.7 Å². The summed E-state index contributed by atoms with van der Waals surface area (Å²) in [6.07, 6.45) is 4.51. The molecule has 3 rings (SSSR count). The van der Waals surface area contributed by atoms with E-state index in [1.165, 1.54) is 12.8 Å². The Labute approximate surface area is 112 Å². The third-order valence-electron chi connectivity index (χ3n) is 3.69. The summed E-state index contributed by atoms with van der Waals surface area (Å²) in [4.78, 5) is 16.4. The SMILES string of the molecule is Nc1nc(C(=O)NC2CCCC2)cc2ccccc12. The van der Waals surface area contributed by atoms with E-state index in [4.69, 9.17) is 5.73 Å². The van der Waals surface area contributed by atoms with E-state index in [1.807, 2.05) is 24.3 Å². The average Bonchev–Trinajstić information content (AvgIpc) is 2.91. The highest BCUT2D eigenvalue weighted by molar-refractivity contribution is 5.99. The number of hydrogen-bond acceptors (Lipinski definition) is 3. The van der Waals surface area contributed by atoms with Crippen LogP contribution in [0.2, 0.25) is 0 Å². The van der Waals surface area contributed by atoms with E-state index in [0.717, 1.165) is 23.6 Å². The minimum absolute atomic E-state index is 0.121. The van der Waals surface area contributed by atoms with Crippen molar-refractivity contribution in [1.82, 2.24) is 10.3 Å². The number of fused-ring (bicyclic) bond motifs is 1. The molecular formula is C15H17N3O. The van der Waals surface area contributed by atoms with E-state index in [9.17, 15) is 4.79 Å². The summed E-state index contributed by atoms with van der Waals surface area (Å²) < 4.78 is 0. The van der Waals surface area contributed by atoms with E-state index < -0.39 is 0 Å². The molecule has 98 valence electrons. The summed E-state index contributed by atoms with van der Waals surface area (Å²) in [6.45, 7) is 0. The molecule has 4 nitrogen and oxygen atoms in total. The second kappa shape index (κ2) is 4.88. The van der Waals surface area contributed by atoms with Crippen LogP contribution in [0.15, 0.2) is 30.3 Å². The van der Waals surface area contributed by atoms with Crippen molar-refractivity contribution in [3.05, 3.63) is 36.0 Å². The Balaban J connectivity index is 1.89. The minimum Gasteiger partial charge on any atom is -0.383 e. The molecule has 3 N–H and O–H groups in total. The lowest BCUT2D eigenvalue weighted by molar-refractivity contribution is 0.0933. The van der Waals surface area contributed by atoms with Crippen LogP contribution in [0.1, 0.15) is 36.2 Å². The van der Waals surface area contributed by atoms with Crippen molar-refractivity contribution >= 4 is 22.5 Å². The minimum atomic E-state index is -0.121. The second-order valence-electron chi connectivity index (χ2n) is 5.07. The van der Waals surface area contributed by atoms with Crippen molar-refractivity contribution in [2.75, 3.05) is 5.73 Å². The number of pyridine rings is 1. The molecule has 1 aliphatic carbocycles. The van der Waals surface area contributed by atoms with Crippen molar-refractivity contribution in [2.24, 2.45) is 0 Å². The number of nitrogens with zero attached hydrogens (tertiary/aromatic N) is 1. The number of nitrogen functional groups attached to an aromatic ring is 1. The summed E-state index contributed by atoms with van der Waals surface area (Å²) in [5, 5.41) is 4.87. The van der Waals surface area contributed by atoms with Crippen molar-refractivity contribution in [3.8, 4) is 0 Å². The van der Waals surface area contributed by atoms with Crippen molar-refractivity contribution < 1.29 is 4.79 Å². The number of anilines is 1. The molecule has 0 aliphatic heterocycles. The van der Waals surface area contributed by atoms with E-state index in [0.29, 0.717) is 17.6 Å². The predicted molar refractivity (Wildman–Crippen MR) is 75.9 cm³/mol. The molecule has 1 amide bonds. The molecule has 1 aromatic heterocycles. The lowest BCUT2D eigenvalue weighted by atomic mass is 10.1. The largest absolute Gasteiger partial charge is 0.383 e. The standard InChI is InChI=1S/C15H17N3O/c16-14-12-8-4-1-5-10(12)9-13(18-14)15(19)17-11-6-2-3-7-11/h1,4-5,8-9,11H,2-3,6-7H2,(H2,16,18)(H,17,19). The molecule has 1 fully saturated rings. The molecule has 4 heteroatoms. The summed E-state index contributed by atoms with van der Waals surface area (Å²) in [5.74, 6) is 0.291. The normalized spacial score (nSPS) is 15.8. The average molecular weight is 255 g/mol. The number of nitrogens with two attached hydrogens (primary N) is 1. The highest BCUT2D eigenvalue weighted by Gasteiger charge is 2.19. The summed E-state index contributed by atoms with van der Waals surface area (Å²) >= 11 is 0. The van der Waals surface area contributed by atoms with Crippen LogP contribution in [0.5, 0.6) is 0 Å². The number of carbonyl (C=O) groups excluding carboxylic acids is 1. The third kappa shape index (κ3) is 2.38. The maximum Gasteiger partial charge on any atom is 0.270 e. The van der Waals surface area contributed by atoms with Crippen LogP contribution >= 0.6 is 0 Å². The topological polar surface area (TPSA) is 68.0 Å². The number of hydrogen-bond donors (Lipinski definition) is 2. The first-order valence-electron chi connectivity index (χ1n) is 6.70. The predicted octanol–water partition coefficient (Wildman–Crippen LogP) is 2.49. The van der Waals surface area contributed by atoms with Gasteiger partial charge in [0.2, 0.25) is 0 Å². The number of benzene rings is 1. The number of carbonyl (C=O) groups is 1. The Morgan fingerprint density at radius 2 is 2.00 bits per heavy atom. The van der Waals surface area contributed by atoms with Crippen LogP contribution < -0.4 is 11.1 Å². The fourth-order valence-electron chi connectivity index (χ4n) is 2.67. The molecule has 0 bridgehead atoms. The lowest BCUT2D eigenvalue weighted by Gasteiger charge is -2.12. The number of rotatable bonds is 2. The Bertz CT molecular complexity index is 618. The van der Waals surface area contributed by atoms with Gasteiger partial charge in [-0.3, -0.25) is 4.79 Å². The molecular weight excluding hydrogens is 238 g/mol. The van der Waals surface area contributed by atoms with Gasteiger partial charge < -0.3 is 11.1 Å². The number of amides is 1. The van der Waals surface area contributed by atoms with Crippen molar-refractivity contribution in [3.63, 3.8) is 0 Å². The van der Waals surface area contributed by atoms with Gasteiger partial charge in [0.15, 0.2) is 0 Å². The summed E-state index contributed by atoms with van der Waals surface area (Å²) in [5.41, 5.74) is 6.32. The van der Waals surface area contributed by atoms with Gasteiger partial charge in [-0.1, -0.05) is 37.1 Å². The molecule has 2 aromatic rings. The van der Waals surface area contributed by atoms with E-state index in [1.54, 1.807) is 6.07 Å². The van der Waals surface area contributed by atoms with Gasteiger partial charge in [-0.15, -0.1) is 0 Å². The van der Waals surface area contributed by atoms with Gasteiger partial charge in [0.1, 0.15) is 11.5 Å². The van der Waals surface area contributed by atoms with Crippen LogP contribution in [0.4, 0.5) is 5.82 Å². The van der Waals surface area contributed by atoms with Crippen LogP contribution in [0.3, 0.4) is 0 Å². The number of nitrogens with one attached hydrogen (secondary N) is 1. The van der Waals surface area contributed by atoms with Crippen LogP contribution in [-0.4, -0.2) is 16.9 Å². The molecule has 1 aliphatic rings. The Kier molecular flexibility index (Phi) is 3.07. The molecule has 0 spiro atoms. The van der Waals surface area contributed by atoms with Gasteiger partial charge in [-0.05, 0) is 24.3 Å². The van der Waals surface area contributed by atoms with E-state index in [-0.39, 0.29) is 5.91 Å². The van der Waals surface area contributed by atoms with E-state index in [2.05, 4.69) is 10.3 Å². The Hall–Kier alpha value is -2.10. The third-order valence-corrected chi connectivity index (χ3v) is 3.69. The molecule has 0 atom stereocenters. The highest BCUT2D eigenvalue weighted by atomic mass is 16.1. The molecule has 1 saturated carbocycles.